The van der Waals surface area contributed by atoms with E-state index in [1.54, 1.807) is 21.1 Å². The summed E-state index contributed by atoms with van der Waals surface area (Å²) in [6, 6.07) is 1.88. The average Bonchev–Trinajstić information content (AvgIpc) is 2.23. The van der Waals surface area contributed by atoms with Gasteiger partial charge in [-0.1, -0.05) is 0 Å². The fourth-order valence-corrected chi connectivity index (χ4v) is 2.39. The second-order valence-electron chi connectivity index (χ2n) is 3.60. The van der Waals surface area contributed by atoms with Gasteiger partial charge in [0.15, 0.2) is 11.5 Å². The molecule has 0 saturated carbocycles. The predicted octanol–water partition coefficient (Wildman–Crippen LogP) is 2.91. The monoisotopic (exact) mass is 286 g/mol. The largest absolute Gasteiger partial charge is 0.493 e. The van der Waals surface area contributed by atoms with Crippen molar-refractivity contribution in [3.05, 3.63) is 21.7 Å². The number of carbonyl (C=O) groups excluding carboxylic acids is 1. The first kappa shape index (κ1) is 13.0. The number of ketones is 1. The predicted molar refractivity (Wildman–Crippen MR) is 66.4 cm³/mol. The molecule has 1 rings (SSSR count). The molecule has 0 amide bonds. The molecule has 1 aromatic rings. The zero-order valence-corrected chi connectivity index (χ0v) is 11.5. The number of methoxy groups -OCH3 is 2. The minimum atomic E-state index is 0.121. The van der Waals surface area contributed by atoms with Crippen molar-refractivity contribution in [2.24, 2.45) is 0 Å². The second-order valence-corrected chi connectivity index (χ2v) is 4.39. The highest BCUT2D eigenvalue weighted by Crippen LogP contribution is 2.39. The van der Waals surface area contributed by atoms with Gasteiger partial charge >= 0.3 is 0 Å². The van der Waals surface area contributed by atoms with Crippen LogP contribution in [-0.4, -0.2) is 20.0 Å². The molecule has 0 radical (unpaired) electrons. The molecule has 0 aliphatic rings. The van der Waals surface area contributed by atoms with E-state index < -0.39 is 0 Å². The van der Waals surface area contributed by atoms with E-state index in [9.17, 15) is 4.79 Å². The number of hydrogen-bond donors (Lipinski definition) is 0. The third kappa shape index (κ3) is 2.55. The molecule has 0 N–H and O–H groups in total. The number of carbonyl (C=O) groups is 1. The molecule has 16 heavy (non-hydrogen) atoms. The van der Waals surface area contributed by atoms with Crippen molar-refractivity contribution in [2.75, 3.05) is 14.2 Å². The van der Waals surface area contributed by atoms with Gasteiger partial charge in [-0.25, -0.2) is 0 Å². The number of aryl methyl sites for hydroxylation is 1. The van der Waals surface area contributed by atoms with Gasteiger partial charge in [-0.15, -0.1) is 0 Å². The molecule has 0 aliphatic heterocycles. The molecule has 3 nitrogen and oxygen atoms in total. The topological polar surface area (TPSA) is 35.5 Å². The Labute approximate surface area is 104 Å². The lowest BCUT2D eigenvalue weighted by molar-refractivity contribution is -0.116. The van der Waals surface area contributed by atoms with Gasteiger partial charge in [0, 0.05) is 6.42 Å². The maximum atomic E-state index is 11.2. The Bertz CT molecular complexity index is 413. The van der Waals surface area contributed by atoms with Gasteiger partial charge in [-0.05, 0) is 47.0 Å². The van der Waals surface area contributed by atoms with Crippen LogP contribution < -0.4 is 9.47 Å². The summed E-state index contributed by atoms with van der Waals surface area (Å²) in [6.07, 6.45) is 0.396. The molecular formula is C12H15BrO3. The van der Waals surface area contributed by atoms with E-state index in [2.05, 4.69) is 15.9 Å². The molecule has 0 fully saturated rings. The first-order valence-electron chi connectivity index (χ1n) is 4.90. The lowest BCUT2D eigenvalue weighted by atomic mass is 10.0. The van der Waals surface area contributed by atoms with Crippen LogP contribution in [-0.2, 0) is 11.2 Å². The molecule has 1 aromatic carbocycles. The van der Waals surface area contributed by atoms with Crippen molar-refractivity contribution in [1.82, 2.24) is 0 Å². The van der Waals surface area contributed by atoms with E-state index in [-0.39, 0.29) is 5.78 Å². The van der Waals surface area contributed by atoms with Gasteiger partial charge in [-0.3, -0.25) is 4.79 Å². The summed E-state index contributed by atoms with van der Waals surface area (Å²) in [7, 11) is 3.17. The molecular weight excluding hydrogens is 272 g/mol. The number of benzene rings is 1. The fourth-order valence-electron chi connectivity index (χ4n) is 1.58. The number of rotatable bonds is 4. The third-order valence-corrected chi connectivity index (χ3v) is 3.20. The Morgan fingerprint density at radius 3 is 2.44 bits per heavy atom. The maximum Gasteiger partial charge on any atom is 0.175 e. The number of ether oxygens (including phenoxy) is 2. The van der Waals surface area contributed by atoms with Crippen LogP contribution in [0.4, 0.5) is 0 Å². The lowest BCUT2D eigenvalue weighted by Gasteiger charge is -2.15. The minimum absolute atomic E-state index is 0.121. The minimum Gasteiger partial charge on any atom is -0.493 e. The number of halogens is 1. The number of Topliss-reactive ketones (excluding diaryl/α,β-unsaturated/α-hetero) is 1. The van der Waals surface area contributed by atoms with Crippen molar-refractivity contribution in [1.29, 1.82) is 0 Å². The Hall–Kier alpha value is -1.03. The second kappa shape index (κ2) is 5.34. The summed E-state index contributed by atoms with van der Waals surface area (Å²) in [5.74, 6) is 1.42. The summed E-state index contributed by atoms with van der Waals surface area (Å²) in [6.45, 7) is 3.52. The SMILES string of the molecule is COc1cc(C)c(CC(C)=O)c(Br)c1OC. The quantitative estimate of drug-likeness (QED) is 0.854. The van der Waals surface area contributed by atoms with Crippen LogP contribution in [0, 0.1) is 6.92 Å². The van der Waals surface area contributed by atoms with Gasteiger partial charge < -0.3 is 9.47 Å². The zero-order valence-electron chi connectivity index (χ0n) is 9.89. The van der Waals surface area contributed by atoms with Gasteiger partial charge in [0.2, 0.25) is 0 Å². The van der Waals surface area contributed by atoms with Gasteiger partial charge in [-0.2, -0.15) is 0 Å². The summed E-state index contributed by atoms with van der Waals surface area (Å²) < 4.78 is 11.3. The van der Waals surface area contributed by atoms with Crippen LogP contribution in [0.25, 0.3) is 0 Å². The van der Waals surface area contributed by atoms with Crippen molar-refractivity contribution < 1.29 is 14.3 Å². The first-order valence-corrected chi connectivity index (χ1v) is 5.70. The van der Waals surface area contributed by atoms with Crippen molar-refractivity contribution in [2.45, 2.75) is 20.3 Å². The Morgan fingerprint density at radius 1 is 1.38 bits per heavy atom. The molecule has 0 aliphatic carbocycles. The Morgan fingerprint density at radius 2 is 2.00 bits per heavy atom. The van der Waals surface area contributed by atoms with Crippen molar-refractivity contribution in [3.8, 4) is 11.5 Å². The van der Waals surface area contributed by atoms with Crippen LogP contribution in [0.15, 0.2) is 10.5 Å². The maximum absolute atomic E-state index is 11.2. The fraction of sp³-hybridized carbons (Fsp3) is 0.417. The zero-order chi connectivity index (χ0) is 12.3. The summed E-state index contributed by atoms with van der Waals surface area (Å²) in [5, 5.41) is 0. The smallest absolute Gasteiger partial charge is 0.175 e. The third-order valence-electron chi connectivity index (χ3n) is 2.36. The van der Waals surface area contributed by atoms with Crippen LogP contribution in [0.5, 0.6) is 11.5 Å². The average molecular weight is 287 g/mol. The van der Waals surface area contributed by atoms with Gasteiger partial charge in [0.05, 0.1) is 18.7 Å². The molecule has 0 atom stereocenters. The summed E-state index contributed by atoms with van der Waals surface area (Å²) in [5.41, 5.74) is 1.96. The Kier molecular flexibility index (Phi) is 4.35. The van der Waals surface area contributed by atoms with Crippen LogP contribution in [0.1, 0.15) is 18.1 Å². The normalized spacial score (nSPS) is 10.1. The standard InChI is InChI=1S/C12H15BrO3/c1-7-5-10(15-3)12(16-4)11(13)9(7)6-8(2)14/h5H,6H2,1-4H3. The van der Waals surface area contributed by atoms with E-state index >= 15 is 0 Å². The number of hydrogen-bond acceptors (Lipinski definition) is 3. The van der Waals surface area contributed by atoms with Crippen molar-refractivity contribution >= 4 is 21.7 Å². The molecule has 0 saturated heterocycles. The molecule has 0 aromatic heterocycles. The van der Waals surface area contributed by atoms with E-state index in [4.69, 9.17) is 9.47 Å². The van der Waals surface area contributed by atoms with Crippen LogP contribution >= 0.6 is 15.9 Å². The van der Waals surface area contributed by atoms with E-state index in [0.29, 0.717) is 17.9 Å². The van der Waals surface area contributed by atoms with Crippen molar-refractivity contribution in [3.63, 3.8) is 0 Å². The molecule has 0 spiro atoms. The van der Waals surface area contributed by atoms with E-state index in [0.717, 1.165) is 15.6 Å². The van der Waals surface area contributed by atoms with E-state index in [1.165, 1.54) is 0 Å². The van der Waals surface area contributed by atoms with Gasteiger partial charge in [0.25, 0.3) is 0 Å². The summed E-state index contributed by atoms with van der Waals surface area (Å²) in [4.78, 5) is 11.2. The van der Waals surface area contributed by atoms with E-state index in [1.807, 2.05) is 13.0 Å². The molecule has 0 unspecified atom stereocenters. The highest BCUT2D eigenvalue weighted by molar-refractivity contribution is 9.10. The van der Waals surface area contributed by atoms with Crippen LogP contribution in [0.3, 0.4) is 0 Å². The lowest BCUT2D eigenvalue weighted by Crippen LogP contribution is -2.03. The molecule has 0 bridgehead atoms. The van der Waals surface area contributed by atoms with Crippen LogP contribution in [0.2, 0.25) is 0 Å². The molecule has 4 heteroatoms. The highest BCUT2D eigenvalue weighted by Gasteiger charge is 2.16. The van der Waals surface area contributed by atoms with Gasteiger partial charge in [0.1, 0.15) is 5.78 Å². The molecule has 0 heterocycles. The summed E-state index contributed by atoms with van der Waals surface area (Å²) >= 11 is 3.46. The molecule has 88 valence electrons. The first-order chi connectivity index (χ1) is 7.51. The Balaban J connectivity index is 3.34. The highest BCUT2D eigenvalue weighted by atomic mass is 79.9.